The van der Waals surface area contributed by atoms with Gasteiger partial charge in [0.05, 0.1) is 5.52 Å². The second kappa shape index (κ2) is 4.63. The molecule has 0 N–H and O–H groups in total. The maximum atomic E-state index is 12.8. The van der Waals surface area contributed by atoms with E-state index in [1.165, 1.54) is 0 Å². The highest BCUT2D eigenvalue weighted by Crippen LogP contribution is 2.22. The van der Waals surface area contributed by atoms with E-state index in [1.807, 2.05) is 32.0 Å². The molecule has 0 unspecified atom stereocenters. The highest BCUT2D eigenvalue weighted by atomic mass is 19.3. The normalized spacial score (nSPS) is 12.1. The van der Waals surface area contributed by atoms with Gasteiger partial charge in [-0.05, 0) is 50.5 Å². The van der Waals surface area contributed by atoms with Gasteiger partial charge in [0, 0.05) is 17.5 Å². The van der Waals surface area contributed by atoms with Gasteiger partial charge in [-0.25, -0.2) is 8.78 Å². The maximum Gasteiger partial charge on any atom is 0.245 e. The van der Waals surface area contributed by atoms with Gasteiger partial charge in [-0.1, -0.05) is 12.1 Å². The number of hydrogen-bond acceptors (Lipinski definition) is 1. The molecule has 18 heavy (non-hydrogen) atoms. The molecule has 2 rings (SSSR count). The fraction of sp³-hybridized carbons (Fsp3) is 0.400. The molecule has 0 saturated carbocycles. The lowest BCUT2D eigenvalue weighted by molar-refractivity contribution is 0.0133. The molecule has 0 bridgehead atoms. The summed E-state index contributed by atoms with van der Waals surface area (Å²) >= 11 is 0. The van der Waals surface area contributed by atoms with Crippen molar-refractivity contribution in [3.8, 4) is 0 Å². The van der Waals surface area contributed by atoms with Crippen LogP contribution in [0.3, 0.4) is 0 Å². The van der Waals surface area contributed by atoms with Gasteiger partial charge in [0.2, 0.25) is 5.92 Å². The van der Waals surface area contributed by atoms with Crippen LogP contribution in [0.5, 0.6) is 0 Å². The van der Waals surface area contributed by atoms with Gasteiger partial charge >= 0.3 is 0 Å². The first-order chi connectivity index (χ1) is 8.35. The highest BCUT2D eigenvalue weighted by Gasteiger charge is 2.20. The topological polar surface area (TPSA) is 12.9 Å². The lowest BCUT2D eigenvalue weighted by atomic mass is 10.0. The van der Waals surface area contributed by atoms with Gasteiger partial charge in [0.1, 0.15) is 0 Å². The van der Waals surface area contributed by atoms with Crippen LogP contribution in [0.2, 0.25) is 0 Å². The van der Waals surface area contributed by atoms with Crippen LogP contribution in [-0.2, 0) is 6.42 Å². The Bertz CT molecular complexity index is 570. The summed E-state index contributed by atoms with van der Waals surface area (Å²) in [7, 11) is 0. The van der Waals surface area contributed by atoms with Crippen molar-refractivity contribution >= 4 is 10.9 Å². The molecule has 2 aromatic rings. The van der Waals surface area contributed by atoms with Gasteiger partial charge in [-0.15, -0.1) is 0 Å². The largest absolute Gasteiger partial charge is 0.253 e. The Hall–Kier alpha value is -1.51. The van der Waals surface area contributed by atoms with Gasteiger partial charge in [-0.3, -0.25) is 4.98 Å². The zero-order valence-corrected chi connectivity index (χ0v) is 10.9. The molecule has 1 heterocycles. The van der Waals surface area contributed by atoms with E-state index in [0.717, 1.165) is 34.6 Å². The molecule has 0 radical (unpaired) electrons. The molecule has 1 aromatic heterocycles. The van der Waals surface area contributed by atoms with Crippen LogP contribution in [0, 0.1) is 13.8 Å². The number of pyridine rings is 1. The summed E-state index contributed by atoms with van der Waals surface area (Å²) in [6.07, 6.45) is 0.261. The van der Waals surface area contributed by atoms with Crippen molar-refractivity contribution in [3.63, 3.8) is 0 Å². The van der Waals surface area contributed by atoms with Gasteiger partial charge in [0.25, 0.3) is 0 Å². The van der Waals surface area contributed by atoms with Gasteiger partial charge < -0.3 is 0 Å². The highest BCUT2D eigenvalue weighted by molar-refractivity contribution is 5.80. The van der Waals surface area contributed by atoms with Gasteiger partial charge in [-0.2, -0.15) is 0 Å². The Morgan fingerprint density at radius 2 is 1.89 bits per heavy atom. The fourth-order valence-electron chi connectivity index (χ4n) is 1.93. The minimum absolute atomic E-state index is 0.122. The first kappa shape index (κ1) is 12.9. The number of alkyl halides is 2. The average Bonchev–Trinajstić information content (AvgIpc) is 2.27. The second-order valence-corrected chi connectivity index (χ2v) is 4.99. The standard InChI is InChI=1S/C15H17F2N/c1-10-8-13-5-4-12(6-7-15(3,16)17)9-14(13)18-11(10)2/h4-5,8-9H,6-7H2,1-3H3. The summed E-state index contributed by atoms with van der Waals surface area (Å²) in [5, 5.41) is 1.06. The Kier molecular flexibility index (Phi) is 3.33. The van der Waals surface area contributed by atoms with E-state index >= 15 is 0 Å². The van der Waals surface area contributed by atoms with Crippen LogP contribution in [0.4, 0.5) is 8.78 Å². The van der Waals surface area contributed by atoms with E-state index in [9.17, 15) is 8.78 Å². The number of rotatable bonds is 3. The quantitative estimate of drug-likeness (QED) is 0.783. The lowest BCUT2D eigenvalue weighted by Crippen LogP contribution is -2.10. The first-order valence-electron chi connectivity index (χ1n) is 6.10. The SMILES string of the molecule is Cc1cc2ccc(CCC(C)(F)F)cc2nc1C. The summed E-state index contributed by atoms with van der Waals surface area (Å²) in [5.74, 6) is -2.61. The van der Waals surface area contributed by atoms with E-state index in [1.54, 1.807) is 0 Å². The van der Waals surface area contributed by atoms with E-state index in [-0.39, 0.29) is 6.42 Å². The van der Waals surface area contributed by atoms with E-state index < -0.39 is 5.92 Å². The molecular weight excluding hydrogens is 232 g/mol. The average molecular weight is 249 g/mol. The van der Waals surface area contributed by atoms with Crippen molar-refractivity contribution in [2.75, 3.05) is 0 Å². The third-order valence-electron chi connectivity index (χ3n) is 3.18. The summed E-state index contributed by atoms with van der Waals surface area (Å²) in [6.45, 7) is 4.94. The summed E-state index contributed by atoms with van der Waals surface area (Å²) in [5.41, 5.74) is 3.94. The number of halogens is 2. The molecule has 3 heteroatoms. The zero-order valence-electron chi connectivity index (χ0n) is 10.9. The van der Waals surface area contributed by atoms with Crippen molar-refractivity contribution in [2.45, 2.75) is 39.5 Å². The first-order valence-corrected chi connectivity index (χ1v) is 6.10. The summed E-state index contributed by atoms with van der Waals surface area (Å²) < 4.78 is 25.6. The molecule has 0 spiro atoms. The minimum Gasteiger partial charge on any atom is -0.253 e. The van der Waals surface area contributed by atoms with Crippen LogP contribution in [-0.4, -0.2) is 10.9 Å². The number of hydrogen-bond donors (Lipinski definition) is 0. The molecule has 0 amide bonds. The monoisotopic (exact) mass is 249 g/mol. The van der Waals surface area contributed by atoms with Crippen LogP contribution < -0.4 is 0 Å². The molecule has 0 aliphatic heterocycles. The van der Waals surface area contributed by atoms with E-state index in [0.29, 0.717) is 6.42 Å². The summed E-state index contributed by atoms with van der Waals surface area (Å²) in [4.78, 5) is 4.49. The predicted octanol–water partition coefficient (Wildman–Crippen LogP) is 4.44. The lowest BCUT2D eigenvalue weighted by Gasteiger charge is -2.10. The van der Waals surface area contributed by atoms with Crippen LogP contribution >= 0.6 is 0 Å². The molecular formula is C15H17F2N. The van der Waals surface area contributed by atoms with Crippen molar-refractivity contribution in [1.82, 2.24) is 4.98 Å². The Morgan fingerprint density at radius 1 is 1.17 bits per heavy atom. The van der Waals surface area contributed by atoms with Crippen molar-refractivity contribution in [1.29, 1.82) is 0 Å². The number of aryl methyl sites for hydroxylation is 3. The number of fused-ring (bicyclic) bond motifs is 1. The Labute approximate surface area is 106 Å². The van der Waals surface area contributed by atoms with Crippen molar-refractivity contribution in [3.05, 3.63) is 41.1 Å². The molecule has 0 aliphatic carbocycles. The minimum atomic E-state index is -2.61. The molecule has 1 aromatic carbocycles. The van der Waals surface area contributed by atoms with E-state index in [4.69, 9.17) is 0 Å². The molecule has 1 nitrogen and oxygen atoms in total. The van der Waals surface area contributed by atoms with Gasteiger partial charge in [0.15, 0.2) is 0 Å². The van der Waals surface area contributed by atoms with Crippen LogP contribution in [0.15, 0.2) is 24.3 Å². The predicted molar refractivity (Wildman–Crippen MR) is 70.2 cm³/mol. The molecule has 0 aliphatic rings. The van der Waals surface area contributed by atoms with Crippen molar-refractivity contribution in [2.24, 2.45) is 0 Å². The smallest absolute Gasteiger partial charge is 0.245 e. The summed E-state index contributed by atoms with van der Waals surface area (Å²) in [6, 6.07) is 7.85. The third-order valence-corrected chi connectivity index (χ3v) is 3.18. The Balaban J connectivity index is 2.30. The third kappa shape index (κ3) is 3.03. The zero-order chi connectivity index (χ0) is 13.3. The van der Waals surface area contributed by atoms with Crippen molar-refractivity contribution < 1.29 is 8.78 Å². The number of aromatic nitrogens is 1. The molecule has 0 fully saturated rings. The van der Waals surface area contributed by atoms with E-state index in [2.05, 4.69) is 11.1 Å². The maximum absolute atomic E-state index is 12.8. The number of benzene rings is 1. The fourth-order valence-corrected chi connectivity index (χ4v) is 1.93. The molecule has 0 saturated heterocycles. The number of nitrogens with zero attached hydrogens (tertiary/aromatic N) is 1. The second-order valence-electron chi connectivity index (χ2n) is 4.99. The molecule has 0 atom stereocenters. The van der Waals surface area contributed by atoms with Crippen LogP contribution in [0.25, 0.3) is 10.9 Å². The Morgan fingerprint density at radius 3 is 2.56 bits per heavy atom. The van der Waals surface area contributed by atoms with Crippen LogP contribution in [0.1, 0.15) is 30.2 Å². The molecule has 96 valence electrons.